The molecule has 0 aromatic heterocycles. The highest BCUT2D eigenvalue weighted by molar-refractivity contribution is 4.70. The molecule has 1 aliphatic rings. The molecule has 12 heavy (non-hydrogen) atoms. The van der Waals surface area contributed by atoms with E-state index < -0.39 is 0 Å². The van der Waals surface area contributed by atoms with Gasteiger partial charge in [-0.15, -0.1) is 0 Å². The number of aliphatic hydroxyl groups excluding tert-OH is 1. The molecule has 0 aromatic carbocycles. The van der Waals surface area contributed by atoms with E-state index in [-0.39, 0.29) is 6.23 Å². The average molecular weight is 172 g/mol. The number of likely N-dealkylation sites (tertiary alicyclic amines) is 1. The van der Waals surface area contributed by atoms with Gasteiger partial charge in [0.25, 0.3) is 0 Å². The predicted octanol–water partition coefficient (Wildman–Crippen LogP) is 0.256. The maximum Gasteiger partial charge on any atom is 0.117 e. The molecule has 0 bridgehead atoms. The summed E-state index contributed by atoms with van der Waals surface area (Å²) in [5, 5.41) is 12.2. The van der Waals surface area contributed by atoms with Gasteiger partial charge in [0, 0.05) is 6.54 Å². The van der Waals surface area contributed by atoms with Crippen LogP contribution in [0.5, 0.6) is 0 Å². The van der Waals surface area contributed by atoms with Crippen LogP contribution < -0.4 is 5.32 Å². The first kappa shape index (κ1) is 9.96. The molecule has 1 unspecified atom stereocenters. The van der Waals surface area contributed by atoms with Gasteiger partial charge in [-0.25, -0.2) is 0 Å². The van der Waals surface area contributed by atoms with Crippen molar-refractivity contribution >= 4 is 0 Å². The fourth-order valence-electron chi connectivity index (χ4n) is 1.58. The zero-order valence-corrected chi connectivity index (χ0v) is 8.08. The summed E-state index contributed by atoms with van der Waals surface area (Å²) in [7, 11) is 1.79. The Kier molecular flexibility index (Phi) is 3.98. The summed E-state index contributed by atoms with van der Waals surface area (Å²) in [6, 6.07) is 0. The number of likely N-dealkylation sites (N-methyl/N-ethyl adjacent to an activating group) is 1. The molecule has 1 aliphatic heterocycles. The molecular formula is C9H20N2O. The third-order valence-electron chi connectivity index (χ3n) is 2.64. The molecule has 0 amide bonds. The lowest BCUT2D eigenvalue weighted by Crippen LogP contribution is -2.42. The lowest BCUT2D eigenvalue weighted by Gasteiger charge is -2.31. The molecule has 0 saturated carbocycles. The van der Waals surface area contributed by atoms with Crippen molar-refractivity contribution < 1.29 is 5.11 Å². The van der Waals surface area contributed by atoms with E-state index in [1.807, 2.05) is 0 Å². The van der Waals surface area contributed by atoms with E-state index in [4.69, 9.17) is 0 Å². The molecule has 3 heteroatoms. The number of nitrogens with zero attached hydrogens (tertiary/aromatic N) is 1. The fraction of sp³-hybridized carbons (Fsp3) is 1.00. The van der Waals surface area contributed by atoms with Crippen molar-refractivity contribution in [3.63, 3.8) is 0 Å². The monoisotopic (exact) mass is 172 g/mol. The highest BCUT2D eigenvalue weighted by atomic mass is 16.3. The second-order valence-electron chi connectivity index (χ2n) is 3.79. The zero-order valence-electron chi connectivity index (χ0n) is 8.08. The maximum atomic E-state index is 9.32. The van der Waals surface area contributed by atoms with Gasteiger partial charge in [0.1, 0.15) is 6.23 Å². The minimum atomic E-state index is -0.363. The molecule has 0 aliphatic carbocycles. The van der Waals surface area contributed by atoms with Crippen LogP contribution in [-0.4, -0.2) is 42.9 Å². The second-order valence-corrected chi connectivity index (χ2v) is 3.79. The van der Waals surface area contributed by atoms with Crippen molar-refractivity contribution in [2.45, 2.75) is 26.0 Å². The van der Waals surface area contributed by atoms with Crippen LogP contribution in [-0.2, 0) is 0 Å². The van der Waals surface area contributed by atoms with Gasteiger partial charge in [-0.2, -0.15) is 0 Å². The number of aliphatic hydroxyl groups is 1. The summed E-state index contributed by atoms with van der Waals surface area (Å²) in [5.41, 5.74) is 0. The number of hydrogen-bond acceptors (Lipinski definition) is 3. The first-order valence-corrected chi connectivity index (χ1v) is 4.80. The molecule has 1 fully saturated rings. The number of piperidine rings is 1. The topological polar surface area (TPSA) is 35.5 Å². The van der Waals surface area contributed by atoms with Crippen LogP contribution in [0.3, 0.4) is 0 Å². The first-order valence-electron chi connectivity index (χ1n) is 4.80. The minimum absolute atomic E-state index is 0.363. The maximum absolute atomic E-state index is 9.32. The van der Waals surface area contributed by atoms with Crippen molar-refractivity contribution in [3.05, 3.63) is 0 Å². The number of nitrogens with one attached hydrogen (secondary N) is 1. The van der Waals surface area contributed by atoms with Crippen molar-refractivity contribution in [1.82, 2.24) is 10.2 Å². The third-order valence-corrected chi connectivity index (χ3v) is 2.64. The van der Waals surface area contributed by atoms with Gasteiger partial charge < -0.3 is 5.11 Å². The van der Waals surface area contributed by atoms with E-state index in [9.17, 15) is 5.11 Å². The van der Waals surface area contributed by atoms with E-state index in [0.29, 0.717) is 0 Å². The Morgan fingerprint density at radius 2 is 2.08 bits per heavy atom. The van der Waals surface area contributed by atoms with Gasteiger partial charge in [-0.05, 0) is 38.9 Å². The quantitative estimate of drug-likeness (QED) is 0.599. The Bertz CT molecular complexity index is 122. The van der Waals surface area contributed by atoms with Gasteiger partial charge in [-0.3, -0.25) is 10.2 Å². The second kappa shape index (κ2) is 4.80. The van der Waals surface area contributed by atoms with E-state index in [1.54, 1.807) is 7.05 Å². The molecular weight excluding hydrogens is 152 g/mol. The van der Waals surface area contributed by atoms with Gasteiger partial charge in [0.05, 0.1) is 0 Å². The molecule has 2 N–H and O–H groups in total. The Morgan fingerprint density at radius 1 is 1.50 bits per heavy atom. The Hall–Kier alpha value is -0.120. The minimum Gasteiger partial charge on any atom is -0.377 e. The molecule has 0 spiro atoms. The highest BCUT2D eigenvalue weighted by Crippen LogP contribution is 2.15. The molecule has 1 heterocycles. The van der Waals surface area contributed by atoms with Crippen LogP contribution in [0.15, 0.2) is 0 Å². The zero-order chi connectivity index (χ0) is 8.97. The summed E-state index contributed by atoms with van der Waals surface area (Å²) in [4.78, 5) is 2.32. The Balaban J connectivity index is 2.17. The number of hydrogen-bond donors (Lipinski definition) is 2. The summed E-state index contributed by atoms with van der Waals surface area (Å²) in [6.45, 7) is 5.34. The fourth-order valence-corrected chi connectivity index (χ4v) is 1.58. The summed E-state index contributed by atoms with van der Waals surface area (Å²) >= 11 is 0. The highest BCUT2D eigenvalue weighted by Gasteiger charge is 2.16. The molecule has 1 atom stereocenters. The van der Waals surface area contributed by atoms with Crippen LogP contribution in [0.4, 0.5) is 0 Å². The van der Waals surface area contributed by atoms with E-state index in [0.717, 1.165) is 25.6 Å². The summed E-state index contributed by atoms with van der Waals surface area (Å²) < 4.78 is 0. The summed E-state index contributed by atoms with van der Waals surface area (Å²) in [6.07, 6.45) is 2.19. The smallest absolute Gasteiger partial charge is 0.117 e. The third kappa shape index (κ3) is 3.09. The van der Waals surface area contributed by atoms with Crippen LogP contribution >= 0.6 is 0 Å². The molecule has 3 nitrogen and oxygen atoms in total. The normalized spacial score (nSPS) is 24.2. The van der Waals surface area contributed by atoms with Crippen molar-refractivity contribution in [1.29, 1.82) is 0 Å². The van der Waals surface area contributed by atoms with Gasteiger partial charge in [-0.1, -0.05) is 6.92 Å². The van der Waals surface area contributed by atoms with Crippen molar-refractivity contribution in [3.8, 4) is 0 Å². The Labute approximate surface area is 74.8 Å². The Morgan fingerprint density at radius 3 is 2.58 bits per heavy atom. The van der Waals surface area contributed by atoms with Gasteiger partial charge in [0.15, 0.2) is 0 Å². The van der Waals surface area contributed by atoms with Crippen LogP contribution in [0.25, 0.3) is 0 Å². The number of β-amino-alcohol motifs (C(OH)–C–C–N with tert-alkyl or cyclic N) is 1. The molecule has 0 radical (unpaired) electrons. The lowest BCUT2D eigenvalue weighted by atomic mass is 9.99. The molecule has 72 valence electrons. The van der Waals surface area contributed by atoms with Gasteiger partial charge >= 0.3 is 0 Å². The summed E-state index contributed by atoms with van der Waals surface area (Å²) in [5.74, 6) is 0.868. The van der Waals surface area contributed by atoms with Crippen molar-refractivity contribution in [2.75, 3.05) is 26.7 Å². The standard InChI is InChI=1S/C9H20N2O/c1-8-3-5-11(6-4-8)7-9(12)10-2/h8-10,12H,3-7H2,1-2H3. The van der Waals surface area contributed by atoms with E-state index in [2.05, 4.69) is 17.1 Å². The molecule has 1 rings (SSSR count). The first-order chi connectivity index (χ1) is 5.72. The van der Waals surface area contributed by atoms with Crippen LogP contribution in [0.2, 0.25) is 0 Å². The van der Waals surface area contributed by atoms with Crippen LogP contribution in [0.1, 0.15) is 19.8 Å². The SMILES string of the molecule is CNC(O)CN1CCC(C)CC1. The van der Waals surface area contributed by atoms with Crippen molar-refractivity contribution in [2.24, 2.45) is 5.92 Å². The van der Waals surface area contributed by atoms with E-state index in [1.165, 1.54) is 12.8 Å². The lowest BCUT2D eigenvalue weighted by molar-refractivity contribution is 0.0747. The van der Waals surface area contributed by atoms with Gasteiger partial charge in [0.2, 0.25) is 0 Å². The van der Waals surface area contributed by atoms with Crippen LogP contribution in [0, 0.1) is 5.92 Å². The molecule has 1 saturated heterocycles. The predicted molar refractivity (Wildman–Crippen MR) is 49.9 cm³/mol. The average Bonchev–Trinajstić information content (AvgIpc) is 2.09. The number of rotatable bonds is 3. The van der Waals surface area contributed by atoms with E-state index >= 15 is 0 Å². The molecule has 0 aromatic rings. The largest absolute Gasteiger partial charge is 0.377 e.